The molecule has 24 heteroatoms. The number of anilines is 3. The highest BCUT2D eigenvalue weighted by molar-refractivity contribution is 8.76. The summed E-state index contributed by atoms with van der Waals surface area (Å²) in [7, 11) is 2.35. The summed E-state index contributed by atoms with van der Waals surface area (Å²) >= 11 is 0. The molecule has 0 radical (unpaired) electrons. The van der Waals surface area contributed by atoms with Crippen molar-refractivity contribution in [2.45, 2.75) is 83.6 Å². The molecule has 2 amide bonds. The van der Waals surface area contributed by atoms with Crippen LogP contribution < -0.4 is 33.0 Å². The molecular weight excluding hydrogens is 909 g/mol. The van der Waals surface area contributed by atoms with Crippen molar-refractivity contribution in [3.8, 4) is 0 Å². The summed E-state index contributed by atoms with van der Waals surface area (Å²) in [6.07, 6.45) is 2.40. The largest absolute Gasteiger partial charge is 0.508 e. The monoisotopic (exact) mass is 958 g/mol. The second-order valence-corrected chi connectivity index (χ2v) is 18.4. The molecule has 67 heavy (non-hydrogen) atoms. The number of H-pyrrole nitrogens is 1. The molecule has 4 aromatic heterocycles. The van der Waals surface area contributed by atoms with Crippen LogP contribution in [0.15, 0.2) is 59.5 Å². The third-order valence-corrected chi connectivity index (χ3v) is 12.4. The number of unbranched alkanes of at least 4 members (excludes halogenated alkanes) is 1. The lowest BCUT2D eigenvalue weighted by atomic mass is 10.1. The molecule has 0 fully saturated rings. The van der Waals surface area contributed by atoms with E-state index in [0.717, 1.165) is 45.9 Å². The van der Waals surface area contributed by atoms with Crippen LogP contribution in [0.3, 0.4) is 0 Å². The highest BCUT2D eigenvalue weighted by atomic mass is 33.1. The average Bonchev–Trinajstić information content (AvgIpc) is 3.64. The van der Waals surface area contributed by atoms with Crippen molar-refractivity contribution in [3.63, 3.8) is 0 Å². The maximum atomic E-state index is 12.9. The number of nitrogens with one attached hydrogen (secondary N) is 4. The smallest absolute Gasteiger partial charge is 0.480 e. The van der Waals surface area contributed by atoms with Crippen LogP contribution >= 0.6 is 21.6 Å². The zero-order valence-electron chi connectivity index (χ0n) is 36.7. The van der Waals surface area contributed by atoms with Crippen LogP contribution in [0, 0.1) is 0 Å². The number of aliphatic carboxylic acids is 2. The maximum Gasteiger partial charge on any atom is 0.508 e. The fourth-order valence-electron chi connectivity index (χ4n) is 6.81. The molecule has 0 aliphatic rings. The van der Waals surface area contributed by atoms with Gasteiger partial charge in [-0.1, -0.05) is 53.1 Å². The summed E-state index contributed by atoms with van der Waals surface area (Å²) in [5.74, 6) is -2.85. The lowest BCUT2D eigenvalue weighted by Crippen LogP contribution is -2.44. The minimum atomic E-state index is -1.45. The van der Waals surface area contributed by atoms with Crippen molar-refractivity contribution in [3.05, 3.63) is 82.2 Å². The predicted octanol–water partition coefficient (Wildman–Crippen LogP) is 4.28. The van der Waals surface area contributed by atoms with Crippen LogP contribution in [-0.2, 0) is 43.4 Å². The van der Waals surface area contributed by atoms with Gasteiger partial charge in [-0.2, -0.15) is 4.98 Å². The number of aromatic nitrogens is 7. The molecule has 2 atom stereocenters. The molecule has 0 aliphatic carbocycles. The number of amides is 2. The number of nitrogens with two attached hydrogens (primary N) is 2. The van der Waals surface area contributed by atoms with Crippen LogP contribution in [0.5, 0.6) is 0 Å². The Labute approximate surface area is 390 Å². The van der Waals surface area contributed by atoms with E-state index < -0.39 is 53.2 Å². The number of hydrogen-bond acceptors (Lipinski definition) is 18. The number of carboxylic acids is 2. The van der Waals surface area contributed by atoms with Gasteiger partial charge in [-0.3, -0.25) is 19.4 Å². The first-order chi connectivity index (χ1) is 32.0. The van der Waals surface area contributed by atoms with E-state index in [1.165, 1.54) is 29.1 Å². The summed E-state index contributed by atoms with van der Waals surface area (Å²) in [4.78, 5) is 98.6. The topological polar surface area (TPSA) is 335 Å². The van der Waals surface area contributed by atoms with E-state index in [4.69, 9.17) is 25.9 Å². The van der Waals surface area contributed by atoms with Gasteiger partial charge in [-0.25, -0.2) is 34.3 Å². The van der Waals surface area contributed by atoms with Gasteiger partial charge in [-0.05, 0) is 57.0 Å². The molecule has 4 heterocycles. The van der Waals surface area contributed by atoms with Crippen molar-refractivity contribution in [1.29, 1.82) is 0 Å². The normalized spacial score (nSPS) is 12.4. The van der Waals surface area contributed by atoms with E-state index in [1.807, 2.05) is 28.8 Å². The zero-order valence-corrected chi connectivity index (χ0v) is 38.4. The van der Waals surface area contributed by atoms with Gasteiger partial charge in [0.25, 0.3) is 11.5 Å². The first-order valence-corrected chi connectivity index (χ1v) is 23.5. The summed E-state index contributed by atoms with van der Waals surface area (Å²) < 4.78 is 13.1. The van der Waals surface area contributed by atoms with Gasteiger partial charge < -0.3 is 51.7 Å². The molecule has 0 aliphatic heterocycles. The second-order valence-electron chi connectivity index (χ2n) is 15.8. The number of hydrogen-bond donors (Lipinski definition) is 8. The third-order valence-electron chi connectivity index (χ3n) is 10.1. The molecule has 0 bridgehead atoms. The van der Waals surface area contributed by atoms with E-state index in [-0.39, 0.29) is 66.7 Å². The van der Waals surface area contributed by atoms with Crippen LogP contribution in [0.2, 0.25) is 0 Å². The molecule has 22 nitrogen and oxygen atoms in total. The summed E-state index contributed by atoms with van der Waals surface area (Å²) in [5.41, 5.74) is 13.7. The standard InChI is InChI=1S/C43H50N12O10S2/c1-4-5-10-30-52-32-34(26-8-6-7-9-27(26)50-35(32)44)55(30)22-43(2,3)65-42(63)64-17-18-66-67-21-29(40(61)62)49-31(56)16-15-28(39(59)60)51-37(57)23-11-13-24(14-12-23)46-19-25-20-47-36-33(48-25)38(58)54-41(45)53-36/h6-9,11-14,20,28-29,46H,4-5,10,15-19,21-22H2,1-3H3,(H2,44,50)(H,49,56)(H,51,57)(H,59,60)(H,61,62)(H3,45,47,53,54,58)/t28-,29+/m0/s1. The van der Waals surface area contributed by atoms with E-state index in [1.54, 1.807) is 26.0 Å². The van der Waals surface area contributed by atoms with Gasteiger partial charge >= 0.3 is 18.1 Å². The molecule has 10 N–H and O–H groups in total. The van der Waals surface area contributed by atoms with Gasteiger partial charge in [0.2, 0.25) is 11.9 Å². The fraction of sp³-hybridized carbons (Fsp3) is 0.372. The van der Waals surface area contributed by atoms with Gasteiger partial charge in [0.1, 0.15) is 35.6 Å². The van der Waals surface area contributed by atoms with E-state index in [0.29, 0.717) is 29.1 Å². The number of nitrogen functional groups attached to an aromatic ring is 2. The second kappa shape index (κ2) is 22.3. The molecular formula is C43H50N12O10S2. The van der Waals surface area contributed by atoms with Gasteiger partial charge in [0.05, 0.1) is 36.0 Å². The Bertz CT molecular complexity index is 2840. The van der Waals surface area contributed by atoms with E-state index in [2.05, 4.69) is 47.8 Å². The Morgan fingerprint density at radius 1 is 0.925 bits per heavy atom. The summed E-state index contributed by atoms with van der Waals surface area (Å²) in [6.45, 7) is 6.04. The highest BCUT2D eigenvalue weighted by Crippen LogP contribution is 2.31. The van der Waals surface area contributed by atoms with Crippen LogP contribution in [0.1, 0.15) is 68.3 Å². The molecule has 0 spiro atoms. The Kier molecular flexibility index (Phi) is 16.4. The van der Waals surface area contributed by atoms with Crippen LogP contribution in [0.25, 0.3) is 33.1 Å². The molecule has 2 aromatic carbocycles. The number of aryl methyl sites for hydroxylation is 1. The number of carbonyl (C=O) groups is 5. The van der Waals surface area contributed by atoms with E-state index in [9.17, 15) is 39.0 Å². The van der Waals surface area contributed by atoms with E-state index >= 15 is 0 Å². The van der Waals surface area contributed by atoms with Crippen molar-refractivity contribution in [1.82, 2.24) is 45.1 Å². The number of imidazole rings is 1. The molecule has 6 aromatic rings. The quantitative estimate of drug-likeness (QED) is 0.0252. The molecule has 0 saturated heterocycles. The van der Waals surface area contributed by atoms with Crippen molar-refractivity contribution in [2.24, 2.45) is 0 Å². The minimum absolute atomic E-state index is 0.0237. The Hall–Kier alpha value is -7.21. The number of benzene rings is 2. The number of fused-ring (bicyclic) bond motifs is 4. The number of para-hydroxylation sites is 1. The zero-order chi connectivity index (χ0) is 48.3. The minimum Gasteiger partial charge on any atom is -0.480 e. The van der Waals surface area contributed by atoms with Gasteiger partial charge in [0.15, 0.2) is 17.0 Å². The first kappa shape index (κ1) is 49.2. The number of ether oxygens (including phenoxy) is 2. The first-order valence-electron chi connectivity index (χ1n) is 21.1. The highest BCUT2D eigenvalue weighted by Gasteiger charge is 2.29. The number of aromatic amines is 1. The lowest BCUT2D eigenvalue weighted by molar-refractivity contribution is -0.142. The van der Waals surface area contributed by atoms with Crippen molar-refractivity contribution < 1.29 is 43.7 Å². The maximum absolute atomic E-state index is 12.9. The van der Waals surface area contributed by atoms with Crippen LogP contribution in [-0.4, -0.2) is 110 Å². The van der Waals surface area contributed by atoms with Gasteiger partial charge in [-0.15, -0.1) is 0 Å². The lowest BCUT2D eigenvalue weighted by Gasteiger charge is -2.26. The number of carboxylic acid groups (broad SMARTS) is 2. The Balaban J connectivity index is 0.907. The Morgan fingerprint density at radius 2 is 1.67 bits per heavy atom. The molecule has 354 valence electrons. The van der Waals surface area contributed by atoms with Crippen molar-refractivity contribution in [2.75, 3.05) is 34.9 Å². The predicted molar refractivity (Wildman–Crippen MR) is 253 cm³/mol. The molecule has 0 saturated carbocycles. The van der Waals surface area contributed by atoms with Gasteiger partial charge in [0, 0.05) is 41.0 Å². The average molecular weight is 959 g/mol. The van der Waals surface area contributed by atoms with Crippen LogP contribution in [0.4, 0.5) is 22.2 Å². The summed E-state index contributed by atoms with van der Waals surface area (Å²) in [5, 5.41) is 28.2. The molecule has 6 rings (SSSR count). The number of rotatable bonds is 23. The summed E-state index contributed by atoms with van der Waals surface area (Å²) in [6, 6.07) is 11.0. The number of pyridine rings is 1. The number of carbonyl (C=O) groups excluding carboxylic acids is 3. The fourth-order valence-corrected chi connectivity index (χ4v) is 8.79. The number of nitrogens with zero attached hydrogens (tertiary/aromatic N) is 6. The molecule has 0 unspecified atom stereocenters. The van der Waals surface area contributed by atoms with Crippen molar-refractivity contribution >= 4 is 102 Å². The SMILES string of the molecule is CCCCc1nc2c(N)nc3ccccc3c2n1CC(C)(C)OC(=O)OCCSSC[C@@H](NC(=O)CC[C@H](NC(=O)c1ccc(NCc2cnc3nc(N)[nH]c(=O)c3n2)cc1)C(=O)O)C(=O)O. The Morgan fingerprint density at radius 3 is 2.40 bits per heavy atom. The third kappa shape index (κ3) is 13.2.